The molecule has 51 heavy (non-hydrogen) atoms. The summed E-state index contributed by atoms with van der Waals surface area (Å²) in [5.74, 6) is 1.03. The Morgan fingerprint density at radius 1 is 0.745 bits per heavy atom. The number of piperidine rings is 2. The number of aryl methyl sites for hydroxylation is 4. The highest BCUT2D eigenvalue weighted by Crippen LogP contribution is 2.49. The number of likely N-dealkylation sites (tertiary alicyclic amines) is 1. The molecule has 268 valence electrons. The van der Waals surface area contributed by atoms with Crippen molar-refractivity contribution in [3.8, 4) is 0 Å². The average Bonchev–Trinajstić information content (AvgIpc) is 3.37. The Bertz CT molecular complexity index is 1870. The zero-order chi connectivity index (χ0) is 35.6. The lowest BCUT2D eigenvalue weighted by Crippen LogP contribution is -2.45. The van der Waals surface area contributed by atoms with E-state index in [1.165, 1.54) is 57.6 Å². The predicted octanol–water partition coefficient (Wildman–Crippen LogP) is 9.15. The third-order valence-electron chi connectivity index (χ3n) is 12.3. The monoisotopic (exact) mass is 724 g/mol. The first-order chi connectivity index (χ1) is 24.7. The number of aromatic nitrogens is 2. The predicted molar refractivity (Wildman–Crippen MR) is 206 cm³/mol. The van der Waals surface area contributed by atoms with Crippen molar-refractivity contribution in [2.75, 3.05) is 32.8 Å². The summed E-state index contributed by atoms with van der Waals surface area (Å²) in [6.07, 6.45) is 12.0. The molecule has 2 aromatic carbocycles. The second-order valence-electron chi connectivity index (χ2n) is 15.0. The molecule has 2 aliphatic heterocycles. The molecule has 1 amide bonds. The number of nitrogens with one attached hydrogen (secondary N) is 1. The van der Waals surface area contributed by atoms with Crippen molar-refractivity contribution in [1.29, 1.82) is 0 Å². The molecule has 4 aliphatic rings. The molecule has 2 aliphatic carbocycles. The number of fused-ring (bicyclic) bond motifs is 4. The van der Waals surface area contributed by atoms with Crippen LogP contribution in [0.4, 0.5) is 4.79 Å². The summed E-state index contributed by atoms with van der Waals surface area (Å²) >= 11 is 12.6. The molecule has 8 rings (SSSR count). The molecule has 6 nitrogen and oxygen atoms in total. The zero-order valence-electron chi connectivity index (χ0n) is 30.2. The number of benzene rings is 2. The van der Waals surface area contributed by atoms with E-state index in [0.29, 0.717) is 18.4 Å². The summed E-state index contributed by atoms with van der Waals surface area (Å²) in [6.45, 7) is 10.7. The van der Waals surface area contributed by atoms with Gasteiger partial charge in [0.15, 0.2) is 0 Å². The Hall–Kier alpha value is -3.45. The van der Waals surface area contributed by atoms with Crippen LogP contribution in [0.5, 0.6) is 0 Å². The number of nitrogens with zero attached hydrogens (tertiary/aromatic N) is 3. The Labute approximate surface area is 313 Å². The molecule has 1 N–H and O–H groups in total. The highest BCUT2D eigenvalue weighted by atomic mass is 35.5. The van der Waals surface area contributed by atoms with E-state index in [0.717, 1.165) is 74.7 Å². The highest BCUT2D eigenvalue weighted by molar-refractivity contribution is 6.31. The van der Waals surface area contributed by atoms with Gasteiger partial charge < -0.3 is 15.0 Å². The lowest BCUT2D eigenvalue weighted by atomic mass is 9.64. The lowest BCUT2D eigenvalue weighted by molar-refractivity contribution is 0.0840. The van der Waals surface area contributed by atoms with E-state index < -0.39 is 0 Å². The highest BCUT2D eigenvalue weighted by Gasteiger charge is 2.45. The second kappa shape index (κ2) is 15.3. The van der Waals surface area contributed by atoms with Crippen molar-refractivity contribution in [3.05, 3.63) is 128 Å². The van der Waals surface area contributed by atoms with Gasteiger partial charge in [0, 0.05) is 46.4 Å². The summed E-state index contributed by atoms with van der Waals surface area (Å²) in [5.41, 5.74) is 10.5. The minimum atomic E-state index is -0.197. The molecule has 0 radical (unpaired) electrons. The third-order valence-corrected chi connectivity index (χ3v) is 12.8. The quantitative estimate of drug-likeness (QED) is 0.228. The van der Waals surface area contributed by atoms with E-state index in [1.807, 2.05) is 42.4 Å². The van der Waals surface area contributed by atoms with E-state index in [1.54, 1.807) is 0 Å². The van der Waals surface area contributed by atoms with Crippen molar-refractivity contribution < 1.29 is 9.53 Å². The van der Waals surface area contributed by atoms with Gasteiger partial charge in [-0.25, -0.2) is 4.79 Å². The van der Waals surface area contributed by atoms with Crippen molar-refractivity contribution in [2.45, 2.75) is 83.0 Å². The molecule has 2 unspecified atom stereocenters. The topological polar surface area (TPSA) is 67.4 Å². The molecule has 4 heterocycles. The van der Waals surface area contributed by atoms with E-state index >= 15 is 0 Å². The third kappa shape index (κ3) is 6.92. The van der Waals surface area contributed by atoms with E-state index in [-0.39, 0.29) is 16.9 Å². The Balaban J connectivity index is 0.000000162. The van der Waals surface area contributed by atoms with Crippen LogP contribution >= 0.6 is 23.2 Å². The average molecular weight is 726 g/mol. The number of hydrogen-bond acceptors (Lipinski definition) is 5. The van der Waals surface area contributed by atoms with Gasteiger partial charge in [0.05, 0.1) is 18.0 Å². The molecule has 0 saturated carbocycles. The first kappa shape index (κ1) is 35.9. The van der Waals surface area contributed by atoms with Gasteiger partial charge in [0.1, 0.15) is 0 Å². The number of hydrogen-bond donors (Lipinski definition) is 1. The Kier molecular flexibility index (Phi) is 10.8. The van der Waals surface area contributed by atoms with Crippen molar-refractivity contribution in [3.63, 3.8) is 0 Å². The summed E-state index contributed by atoms with van der Waals surface area (Å²) in [4.78, 5) is 23.7. The van der Waals surface area contributed by atoms with Crippen molar-refractivity contribution in [1.82, 2.24) is 20.2 Å². The smallest absolute Gasteiger partial charge is 0.409 e. The minimum absolute atomic E-state index is 0.0187. The van der Waals surface area contributed by atoms with Gasteiger partial charge in [-0.05, 0) is 167 Å². The largest absolute Gasteiger partial charge is 0.450 e. The Morgan fingerprint density at radius 3 is 1.71 bits per heavy atom. The van der Waals surface area contributed by atoms with Crippen molar-refractivity contribution in [2.24, 2.45) is 11.8 Å². The van der Waals surface area contributed by atoms with Crippen LogP contribution in [0.15, 0.2) is 73.1 Å². The van der Waals surface area contributed by atoms with Crippen molar-refractivity contribution >= 4 is 29.3 Å². The number of rotatable bonds is 3. The van der Waals surface area contributed by atoms with E-state index in [4.69, 9.17) is 37.9 Å². The SMILES string of the molecule is CC1(C2CCNCC2)c2ccc(Cl)cc2CCc2cccnc21.CCOC(=O)N1CCC(C2(C)c3ccc(Cl)cc3CCc3cccnc32)CC1. The second-order valence-corrected chi connectivity index (χ2v) is 15.9. The van der Waals surface area contributed by atoms with Crippen LogP contribution in [0.1, 0.15) is 91.2 Å². The fourth-order valence-electron chi connectivity index (χ4n) is 9.64. The molecular formula is C43H50Cl2N4O2. The van der Waals surface area contributed by atoms with Gasteiger partial charge >= 0.3 is 6.09 Å². The number of halogens is 2. The van der Waals surface area contributed by atoms with Gasteiger partial charge in [0.2, 0.25) is 0 Å². The number of pyridine rings is 2. The van der Waals surface area contributed by atoms with Gasteiger partial charge in [-0.3, -0.25) is 9.97 Å². The van der Waals surface area contributed by atoms with Crippen LogP contribution in [0, 0.1) is 11.8 Å². The molecule has 2 fully saturated rings. The summed E-state index contributed by atoms with van der Waals surface area (Å²) < 4.78 is 5.19. The fraction of sp³-hybridized carbons (Fsp3) is 0.465. The van der Waals surface area contributed by atoms with Crippen LogP contribution in [-0.4, -0.2) is 53.7 Å². The first-order valence-corrected chi connectivity index (χ1v) is 19.6. The summed E-state index contributed by atoms with van der Waals surface area (Å²) in [5, 5.41) is 5.13. The summed E-state index contributed by atoms with van der Waals surface area (Å²) in [6, 6.07) is 21.4. The normalized spacial score (nSPS) is 23.3. The van der Waals surface area contributed by atoms with Crippen LogP contribution < -0.4 is 5.32 Å². The van der Waals surface area contributed by atoms with E-state index in [9.17, 15) is 4.79 Å². The van der Waals surface area contributed by atoms with Gasteiger partial charge in [0.25, 0.3) is 0 Å². The molecule has 0 spiro atoms. The fourth-order valence-corrected chi connectivity index (χ4v) is 10.0. The maximum absolute atomic E-state index is 12.1. The first-order valence-electron chi connectivity index (χ1n) is 18.8. The van der Waals surface area contributed by atoms with Gasteiger partial charge in [-0.2, -0.15) is 0 Å². The molecule has 2 atom stereocenters. The summed E-state index contributed by atoms with van der Waals surface area (Å²) in [7, 11) is 0. The number of amides is 1. The van der Waals surface area contributed by atoms with Gasteiger partial charge in [-0.1, -0.05) is 47.5 Å². The lowest BCUT2D eigenvalue weighted by Gasteiger charge is -2.43. The van der Waals surface area contributed by atoms with E-state index in [2.05, 4.69) is 61.6 Å². The van der Waals surface area contributed by atoms with Crippen LogP contribution in [0.3, 0.4) is 0 Å². The zero-order valence-corrected chi connectivity index (χ0v) is 31.7. The molecule has 4 aromatic rings. The molecule has 8 heteroatoms. The molecule has 0 bridgehead atoms. The molecular weight excluding hydrogens is 675 g/mol. The van der Waals surface area contributed by atoms with Crippen LogP contribution in [-0.2, 0) is 41.3 Å². The Morgan fingerprint density at radius 2 is 1.22 bits per heavy atom. The van der Waals surface area contributed by atoms with Gasteiger partial charge in [-0.15, -0.1) is 0 Å². The number of carbonyl (C=O) groups excluding carboxylic acids is 1. The minimum Gasteiger partial charge on any atom is -0.450 e. The maximum Gasteiger partial charge on any atom is 0.409 e. The molecule has 2 saturated heterocycles. The number of carbonyl (C=O) groups is 1. The standard InChI is InChI=1S/C23H27ClN2O2.C20H23ClN2/c1-3-28-22(27)26-13-10-18(11-14-26)23(2)20-9-8-19(24)15-17(20)7-6-16-5-4-12-25-21(16)23;1-20(16-8-11-22-12-9-16)18-7-6-17(21)13-15(18)5-4-14-3-2-10-23-19(14)20/h4-5,8-9,12,15,18H,3,6-7,10-11,13-14H2,1-2H3;2-3,6-7,10,13,16,22H,4-5,8-9,11-12H2,1H3. The maximum atomic E-state index is 12.1. The molecule has 2 aromatic heterocycles. The van der Waals surface area contributed by atoms with Crippen LogP contribution in [0.25, 0.3) is 0 Å². The number of ether oxygens (including phenoxy) is 1. The van der Waals surface area contributed by atoms with Crippen LogP contribution in [0.2, 0.25) is 10.0 Å².